The van der Waals surface area contributed by atoms with Crippen LogP contribution in [0.1, 0.15) is 29.9 Å². The van der Waals surface area contributed by atoms with Crippen LogP contribution in [0.15, 0.2) is 6.20 Å². The molecule has 4 nitrogen and oxygen atoms in total. The van der Waals surface area contributed by atoms with Crippen molar-refractivity contribution in [1.29, 1.82) is 0 Å². The minimum absolute atomic E-state index is 0.0406. The average molecular weight is 230 g/mol. The van der Waals surface area contributed by atoms with E-state index in [1.54, 1.807) is 0 Å². The normalized spacial score (nSPS) is 12.9. The maximum atomic E-state index is 11.6. The molecule has 0 bridgehead atoms. The summed E-state index contributed by atoms with van der Waals surface area (Å²) in [6.45, 7) is 6.32. The van der Waals surface area contributed by atoms with E-state index in [1.165, 1.54) is 6.20 Å². The fraction of sp³-hybridized carbons (Fsp3) is 0.600. The number of halogens is 1. The summed E-state index contributed by atoms with van der Waals surface area (Å²) in [7, 11) is 0. The molecule has 1 heterocycles. The Kier molecular flexibility index (Phi) is 4.15. The molecule has 84 valence electrons. The van der Waals surface area contributed by atoms with Crippen LogP contribution < -0.4 is 5.32 Å². The highest BCUT2D eigenvalue weighted by Gasteiger charge is 2.14. The number of carbonyl (C=O) groups excluding carboxylic acids is 1. The number of hydrogen-bond acceptors (Lipinski definition) is 2. The Morgan fingerprint density at radius 2 is 2.33 bits per heavy atom. The molecule has 1 aromatic heterocycles. The Morgan fingerprint density at radius 3 is 2.80 bits per heavy atom. The van der Waals surface area contributed by atoms with Crippen LogP contribution in [0.2, 0.25) is 0 Å². The van der Waals surface area contributed by atoms with Gasteiger partial charge in [-0.2, -0.15) is 5.10 Å². The van der Waals surface area contributed by atoms with E-state index in [-0.39, 0.29) is 11.3 Å². The molecule has 1 atom stereocenters. The van der Waals surface area contributed by atoms with E-state index in [9.17, 15) is 4.79 Å². The summed E-state index contributed by atoms with van der Waals surface area (Å²) in [6, 6.07) is 0. The van der Waals surface area contributed by atoms with Gasteiger partial charge in [0.2, 0.25) is 0 Å². The van der Waals surface area contributed by atoms with Crippen molar-refractivity contribution in [2.45, 2.75) is 26.1 Å². The molecule has 0 aromatic carbocycles. The first kappa shape index (κ1) is 12.0. The van der Waals surface area contributed by atoms with E-state index in [0.29, 0.717) is 18.0 Å². The van der Waals surface area contributed by atoms with E-state index in [1.807, 2.05) is 20.8 Å². The first-order valence-electron chi connectivity index (χ1n) is 4.94. The smallest absolute Gasteiger partial charge is 0.254 e. The number of aromatic amines is 1. The third-order valence-corrected chi connectivity index (χ3v) is 2.91. The molecule has 0 saturated carbocycles. The van der Waals surface area contributed by atoms with Crippen molar-refractivity contribution >= 4 is 17.5 Å². The molecule has 5 heteroatoms. The lowest BCUT2D eigenvalue weighted by atomic mass is 10.1. The van der Waals surface area contributed by atoms with Crippen LogP contribution in [0.5, 0.6) is 0 Å². The van der Waals surface area contributed by atoms with E-state index >= 15 is 0 Å². The summed E-state index contributed by atoms with van der Waals surface area (Å²) in [5.74, 6) is 0.213. The van der Waals surface area contributed by atoms with Gasteiger partial charge in [0.05, 0.1) is 17.1 Å². The summed E-state index contributed by atoms with van der Waals surface area (Å²) in [6.07, 6.45) is 1.52. The van der Waals surface area contributed by atoms with Gasteiger partial charge in [0, 0.05) is 12.2 Å². The van der Waals surface area contributed by atoms with Crippen molar-refractivity contribution in [2.24, 2.45) is 5.92 Å². The van der Waals surface area contributed by atoms with Gasteiger partial charge in [0.15, 0.2) is 0 Å². The van der Waals surface area contributed by atoms with Gasteiger partial charge in [-0.05, 0) is 12.8 Å². The molecule has 1 amide bonds. The number of nitrogens with one attached hydrogen (secondary N) is 2. The van der Waals surface area contributed by atoms with Crippen molar-refractivity contribution in [2.75, 3.05) is 6.54 Å². The zero-order valence-electron chi connectivity index (χ0n) is 9.17. The Hall–Kier alpha value is -1.03. The number of aryl methyl sites for hydroxylation is 1. The Labute approximate surface area is 94.4 Å². The molecule has 0 aliphatic rings. The second-order valence-electron chi connectivity index (χ2n) is 3.88. The molecule has 0 fully saturated rings. The average Bonchev–Trinajstić information content (AvgIpc) is 2.60. The minimum Gasteiger partial charge on any atom is -0.350 e. The van der Waals surface area contributed by atoms with Crippen LogP contribution >= 0.6 is 11.6 Å². The monoisotopic (exact) mass is 229 g/mol. The van der Waals surface area contributed by atoms with Crippen LogP contribution in [-0.2, 0) is 0 Å². The first-order valence-corrected chi connectivity index (χ1v) is 5.38. The zero-order valence-corrected chi connectivity index (χ0v) is 9.93. The van der Waals surface area contributed by atoms with E-state index in [0.717, 1.165) is 5.69 Å². The van der Waals surface area contributed by atoms with Gasteiger partial charge in [-0.3, -0.25) is 9.89 Å². The van der Waals surface area contributed by atoms with Gasteiger partial charge in [0.1, 0.15) is 0 Å². The number of aromatic nitrogens is 2. The number of hydrogen-bond donors (Lipinski definition) is 2. The van der Waals surface area contributed by atoms with E-state index < -0.39 is 0 Å². The Bertz CT molecular complexity index is 335. The highest BCUT2D eigenvalue weighted by Crippen LogP contribution is 2.08. The van der Waals surface area contributed by atoms with Crippen molar-refractivity contribution in [3.8, 4) is 0 Å². The Balaban J connectivity index is 2.47. The lowest BCUT2D eigenvalue weighted by Gasteiger charge is -2.13. The molecule has 0 aliphatic heterocycles. The number of H-pyrrole nitrogens is 1. The van der Waals surface area contributed by atoms with Crippen molar-refractivity contribution in [3.63, 3.8) is 0 Å². The third kappa shape index (κ3) is 3.23. The number of rotatable bonds is 4. The van der Waals surface area contributed by atoms with Gasteiger partial charge in [-0.1, -0.05) is 13.8 Å². The van der Waals surface area contributed by atoms with Gasteiger partial charge in [-0.15, -0.1) is 11.6 Å². The quantitative estimate of drug-likeness (QED) is 0.773. The highest BCUT2D eigenvalue weighted by atomic mass is 35.5. The molecule has 1 rings (SSSR count). The maximum absolute atomic E-state index is 11.6. The van der Waals surface area contributed by atoms with Crippen LogP contribution in [0.4, 0.5) is 0 Å². The summed E-state index contributed by atoms with van der Waals surface area (Å²) < 4.78 is 0. The predicted molar refractivity (Wildman–Crippen MR) is 60.1 cm³/mol. The fourth-order valence-electron chi connectivity index (χ4n) is 1.10. The lowest BCUT2D eigenvalue weighted by molar-refractivity contribution is 0.0952. The summed E-state index contributed by atoms with van der Waals surface area (Å²) in [5.41, 5.74) is 1.34. The number of carbonyl (C=O) groups is 1. The molecule has 15 heavy (non-hydrogen) atoms. The molecule has 0 saturated heterocycles. The largest absolute Gasteiger partial charge is 0.350 e. The van der Waals surface area contributed by atoms with Gasteiger partial charge >= 0.3 is 0 Å². The van der Waals surface area contributed by atoms with Crippen molar-refractivity contribution < 1.29 is 4.79 Å². The highest BCUT2D eigenvalue weighted by molar-refractivity contribution is 6.21. The molecular weight excluding hydrogens is 214 g/mol. The number of amides is 1. The minimum atomic E-state index is -0.132. The summed E-state index contributed by atoms with van der Waals surface area (Å²) >= 11 is 6.02. The van der Waals surface area contributed by atoms with Gasteiger partial charge in [0.25, 0.3) is 5.91 Å². The van der Waals surface area contributed by atoms with Crippen molar-refractivity contribution in [1.82, 2.24) is 15.5 Å². The van der Waals surface area contributed by atoms with Crippen LogP contribution in [0, 0.1) is 12.8 Å². The lowest BCUT2D eigenvalue weighted by Crippen LogP contribution is -2.32. The third-order valence-electron chi connectivity index (χ3n) is 2.26. The first-order chi connectivity index (χ1) is 7.02. The maximum Gasteiger partial charge on any atom is 0.254 e. The molecule has 2 N–H and O–H groups in total. The van der Waals surface area contributed by atoms with Crippen LogP contribution in [0.3, 0.4) is 0 Å². The Morgan fingerprint density at radius 1 is 1.67 bits per heavy atom. The van der Waals surface area contributed by atoms with Gasteiger partial charge in [-0.25, -0.2) is 0 Å². The summed E-state index contributed by atoms with van der Waals surface area (Å²) in [4.78, 5) is 11.6. The molecule has 1 aromatic rings. The zero-order chi connectivity index (χ0) is 11.4. The van der Waals surface area contributed by atoms with Crippen LogP contribution in [-0.4, -0.2) is 28.0 Å². The SMILES string of the molecule is Cc1[nH]ncc1C(=O)NCC(Cl)C(C)C. The number of alkyl halides is 1. The van der Waals surface area contributed by atoms with E-state index in [4.69, 9.17) is 11.6 Å². The topological polar surface area (TPSA) is 57.8 Å². The predicted octanol–water partition coefficient (Wildman–Crippen LogP) is 1.71. The molecule has 0 radical (unpaired) electrons. The molecular formula is C10H16ClN3O. The van der Waals surface area contributed by atoms with Gasteiger partial charge < -0.3 is 5.32 Å². The van der Waals surface area contributed by atoms with Crippen molar-refractivity contribution in [3.05, 3.63) is 17.5 Å². The molecule has 0 spiro atoms. The number of nitrogens with zero attached hydrogens (tertiary/aromatic N) is 1. The second kappa shape index (κ2) is 5.16. The summed E-state index contributed by atoms with van der Waals surface area (Å²) in [5, 5.41) is 9.24. The fourth-order valence-corrected chi connectivity index (χ4v) is 1.18. The molecule has 0 aliphatic carbocycles. The standard InChI is InChI=1S/C10H16ClN3O/c1-6(2)9(11)5-12-10(15)8-4-13-14-7(8)3/h4,6,9H,5H2,1-3H3,(H,12,15)(H,13,14). The van der Waals surface area contributed by atoms with Crippen LogP contribution in [0.25, 0.3) is 0 Å². The van der Waals surface area contributed by atoms with E-state index in [2.05, 4.69) is 15.5 Å². The molecule has 1 unspecified atom stereocenters. The second-order valence-corrected chi connectivity index (χ2v) is 4.44.